The first-order valence-electron chi connectivity index (χ1n) is 10.0. The van der Waals surface area contributed by atoms with Crippen LogP contribution in [-0.4, -0.2) is 37.2 Å². The molecule has 1 aliphatic rings. The molecular formula is C21H28N6O. The van der Waals surface area contributed by atoms with Gasteiger partial charge in [-0.25, -0.2) is 15.0 Å². The molecule has 1 fully saturated rings. The maximum atomic E-state index is 12.4. The van der Waals surface area contributed by atoms with Crippen LogP contribution < -0.4 is 10.5 Å². The average molecular weight is 380 g/mol. The standard InChI is InChI=1S/C21H28N6O/c1-14(2)17-10-19(28)27(13-24-17)11-16-5-7-26(8-6-16)21-20-18(22-12-23-21)9-15(3)25(20)4/h9-10,12-14,16H,5-8,11H2,1-4H3. The van der Waals surface area contributed by atoms with Gasteiger partial charge in [0.25, 0.3) is 5.56 Å². The molecule has 0 N–H and O–H groups in total. The maximum Gasteiger partial charge on any atom is 0.253 e. The highest BCUT2D eigenvalue weighted by Gasteiger charge is 2.23. The van der Waals surface area contributed by atoms with Crippen molar-refractivity contribution in [3.05, 3.63) is 46.5 Å². The van der Waals surface area contributed by atoms with Crippen LogP contribution in [0.1, 0.15) is 44.0 Å². The van der Waals surface area contributed by atoms with E-state index in [4.69, 9.17) is 0 Å². The van der Waals surface area contributed by atoms with Gasteiger partial charge in [0.05, 0.1) is 17.5 Å². The van der Waals surface area contributed by atoms with E-state index < -0.39 is 0 Å². The van der Waals surface area contributed by atoms with Crippen molar-refractivity contribution in [2.45, 2.75) is 46.1 Å². The Morgan fingerprint density at radius 1 is 1.14 bits per heavy atom. The number of aromatic nitrogens is 5. The number of hydrogen-bond acceptors (Lipinski definition) is 5. The molecule has 0 radical (unpaired) electrons. The molecule has 7 heteroatoms. The van der Waals surface area contributed by atoms with Crippen molar-refractivity contribution in [2.75, 3.05) is 18.0 Å². The molecular weight excluding hydrogens is 352 g/mol. The monoisotopic (exact) mass is 380 g/mol. The molecule has 28 heavy (non-hydrogen) atoms. The van der Waals surface area contributed by atoms with Gasteiger partial charge in [-0.2, -0.15) is 0 Å². The second kappa shape index (κ2) is 7.37. The average Bonchev–Trinajstić information content (AvgIpc) is 2.98. The SMILES string of the molecule is Cc1cc2ncnc(N3CCC(Cn4cnc(C(C)C)cc4=O)CC3)c2n1C. The van der Waals surface area contributed by atoms with Gasteiger partial charge in [0.15, 0.2) is 5.82 Å². The number of hydrogen-bond donors (Lipinski definition) is 0. The molecule has 0 aromatic carbocycles. The Kier molecular flexibility index (Phi) is 4.91. The van der Waals surface area contributed by atoms with Crippen molar-refractivity contribution in [1.29, 1.82) is 0 Å². The van der Waals surface area contributed by atoms with Crippen LogP contribution in [0.25, 0.3) is 11.0 Å². The van der Waals surface area contributed by atoms with Gasteiger partial charge in [0.2, 0.25) is 0 Å². The fourth-order valence-corrected chi connectivity index (χ4v) is 4.01. The molecule has 3 aromatic rings. The Labute approximate surface area is 165 Å². The number of fused-ring (bicyclic) bond motifs is 1. The van der Waals surface area contributed by atoms with Crippen molar-refractivity contribution >= 4 is 16.9 Å². The molecule has 0 amide bonds. The largest absolute Gasteiger partial charge is 0.355 e. The second-order valence-corrected chi connectivity index (χ2v) is 8.17. The summed E-state index contributed by atoms with van der Waals surface area (Å²) in [6.07, 6.45) is 5.44. The van der Waals surface area contributed by atoms with Crippen molar-refractivity contribution < 1.29 is 0 Å². The van der Waals surface area contributed by atoms with E-state index in [0.29, 0.717) is 5.92 Å². The summed E-state index contributed by atoms with van der Waals surface area (Å²) in [6.45, 7) is 8.81. The van der Waals surface area contributed by atoms with Crippen LogP contribution in [0, 0.1) is 12.8 Å². The summed E-state index contributed by atoms with van der Waals surface area (Å²) in [5, 5.41) is 0. The Bertz CT molecular complexity index is 1040. The van der Waals surface area contributed by atoms with E-state index in [2.05, 4.69) is 58.3 Å². The van der Waals surface area contributed by atoms with Crippen molar-refractivity contribution in [3.63, 3.8) is 0 Å². The zero-order chi connectivity index (χ0) is 19.8. The van der Waals surface area contributed by atoms with Gasteiger partial charge in [0, 0.05) is 38.4 Å². The summed E-state index contributed by atoms with van der Waals surface area (Å²) in [5.74, 6) is 1.77. The van der Waals surface area contributed by atoms with Gasteiger partial charge < -0.3 is 9.47 Å². The highest BCUT2D eigenvalue weighted by molar-refractivity contribution is 5.87. The number of rotatable bonds is 4. The van der Waals surface area contributed by atoms with Gasteiger partial charge in [-0.1, -0.05) is 13.8 Å². The van der Waals surface area contributed by atoms with Gasteiger partial charge >= 0.3 is 0 Å². The fraction of sp³-hybridized carbons (Fsp3) is 0.524. The quantitative estimate of drug-likeness (QED) is 0.696. The van der Waals surface area contributed by atoms with Crippen LogP contribution in [0.5, 0.6) is 0 Å². The van der Waals surface area contributed by atoms with Crippen molar-refractivity contribution in [2.24, 2.45) is 13.0 Å². The Balaban J connectivity index is 1.47. The summed E-state index contributed by atoms with van der Waals surface area (Å²) in [4.78, 5) is 28.2. The van der Waals surface area contributed by atoms with Gasteiger partial charge in [-0.05, 0) is 37.7 Å². The normalized spacial score (nSPS) is 15.7. The predicted octanol–water partition coefficient (Wildman–Crippen LogP) is 2.87. The van der Waals surface area contributed by atoms with E-state index >= 15 is 0 Å². The Morgan fingerprint density at radius 2 is 1.89 bits per heavy atom. The number of piperidine rings is 1. The predicted molar refractivity (Wildman–Crippen MR) is 111 cm³/mol. The number of aryl methyl sites for hydroxylation is 2. The lowest BCUT2D eigenvalue weighted by Crippen LogP contribution is -2.37. The summed E-state index contributed by atoms with van der Waals surface area (Å²) >= 11 is 0. The molecule has 0 bridgehead atoms. The number of anilines is 1. The lowest BCUT2D eigenvalue weighted by atomic mass is 9.96. The fourth-order valence-electron chi connectivity index (χ4n) is 4.01. The molecule has 148 valence electrons. The van der Waals surface area contributed by atoms with E-state index in [-0.39, 0.29) is 11.5 Å². The van der Waals surface area contributed by atoms with Gasteiger partial charge in [-0.15, -0.1) is 0 Å². The first kappa shape index (κ1) is 18.7. The Morgan fingerprint density at radius 3 is 2.57 bits per heavy atom. The van der Waals surface area contributed by atoms with Crippen LogP contribution in [-0.2, 0) is 13.6 Å². The third kappa shape index (κ3) is 3.41. The molecule has 0 spiro atoms. The summed E-state index contributed by atoms with van der Waals surface area (Å²) in [5.41, 5.74) is 4.20. The maximum absolute atomic E-state index is 12.4. The second-order valence-electron chi connectivity index (χ2n) is 8.17. The zero-order valence-corrected chi connectivity index (χ0v) is 17.1. The minimum absolute atomic E-state index is 0.0536. The van der Waals surface area contributed by atoms with Crippen LogP contribution in [0.15, 0.2) is 29.6 Å². The van der Waals surface area contributed by atoms with Gasteiger partial charge in [0.1, 0.15) is 11.8 Å². The highest BCUT2D eigenvalue weighted by atomic mass is 16.1. The first-order valence-corrected chi connectivity index (χ1v) is 10.0. The summed E-state index contributed by atoms with van der Waals surface area (Å²) in [7, 11) is 2.07. The molecule has 4 heterocycles. The van der Waals surface area contributed by atoms with Gasteiger partial charge in [-0.3, -0.25) is 9.36 Å². The molecule has 1 aliphatic heterocycles. The topological polar surface area (TPSA) is 68.8 Å². The van der Waals surface area contributed by atoms with Crippen LogP contribution in [0.2, 0.25) is 0 Å². The van der Waals surface area contributed by atoms with Crippen LogP contribution in [0.3, 0.4) is 0 Å². The third-order valence-electron chi connectivity index (χ3n) is 5.90. The summed E-state index contributed by atoms with van der Waals surface area (Å²) in [6, 6.07) is 3.78. The lowest BCUT2D eigenvalue weighted by Gasteiger charge is -2.33. The van der Waals surface area contributed by atoms with E-state index in [1.54, 1.807) is 23.3 Å². The first-order chi connectivity index (χ1) is 13.4. The molecule has 3 aromatic heterocycles. The molecule has 0 atom stereocenters. The molecule has 1 saturated heterocycles. The molecule has 0 saturated carbocycles. The minimum atomic E-state index is 0.0536. The van der Waals surface area contributed by atoms with Crippen LogP contribution in [0.4, 0.5) is 5.82 Å². The lowest BCUT2D eigenvalue weighted by molar-refractivity contribution is 0.350. The third-order valence-corrected chi connectivity index (χ3v) is 5.90. The zero-order valence-electron chi connectivity index (χ0n) is 17.1. The van der Waals surface area contributed by atoms with Crippen molar-refractivity contribution in [1.82, 2.24) is 24.1 Å². The van der Waals surface area contributed by atoms with E-state index in [0.717, 1.165) is 55.0 Å². The van der Waals surface area contributed by atoms with E-state index in [9.17, 15) is 4.79 Å². The highest BCUT2D eigenvalue weighted by Crippen LogP contribution is 2.29. The smallest absolute Gasteiger partial charge is 0.253 e. The molecule has 0 aliphatic carbocycles. The minimum Gasteiger partial charge on any atom is -0.355 e. The van der Waals surface area contributed by atoms with Crippen LogP contribution >= 0.6 is 0 Å². The van der Waals surface area contributed by atoms with Crippen molar-refractivity contribution in [3.8, 4) is 0 Å². The molecule has 0 unspecified atom stereocenters. The Hall–Kier alpha value is -2.70. The number of nitrogens with zero attached hydrogens (tertiary/aromatic N) is 6. The van der Waals surface area contributed by atoms with E-state index in [1.807, 2.05) is 0 Å². The molecule has 7 nitrogen and oxygen atoms in total. The molecule has 4 rings (SSSR count). The summed E-state index contributed by atoms with van der Waals surface area (Å²) < 4.78 is 3.92. The van der Waals surface area contributed by atoms with E-state index in [1.165, 1.54) is 5.69 Å².